The van der Waals surface area contributed by atoms with Gasteiger partial charge in [0.15, 0.2) is 5.72 Å². The Kier molecular flexibility index (Phi) is 21.5. The Hall–Kier alpha value is -6.15. The highest BCUT2D eigenvalue weighted by atomic mass is 35.5. The summed E-state index contributed by atoms with van der Waals surface area (Å²) in [6.45, 7) is 6.05. The lowest BCUT2D eigenvalue weighted by atomic mass is 9.83. The van der Waals surface area contributed by atoms with E-state index < -0.39 is 96.4 Å². The lowest BCUT2D eigenvalue weighted by molar-refractivity contribution is -0.162. The van der Waals surface area contributed by atoms with Crippen LogP contribution in [-0.4, -0.2) is 199 Å². The number of alkyl carbamates (subject to hydrolysis) is 1. The molecule has 5 amide bonds. The third-order valence-electron chi connectivity index (χ3n) is 15.1. The molecule has 1 unspecified atom stereocenters. The predicted octanol–water partition coefficient (Wildman–Crippen LogP) is 2.66. The zero-order valence-corrected chi connectivity index (χ0v) is 47.6. The zero-order chi connectivity index (χ0) is 57.9. The van der Waals surface area contributed by atoms with Crippen molar-refractivity contribution in [2.24, 2.45) is 5.92 Å². The van der Waals surface area contributed by atoms with E-state index in [4.69, 9.17) is 35.3 Å². The molecule has 6 rings (SSSR count). The molecule has 1 aromatic heterocycles. The van der Waals surface area contributed by atoms with E-state index >= 15 is 0 Å². The van der Waals surface area contributed by atoms with Crippen molar-refractivity contribution in [3.8, 4) is 5.75 Å². The van der Waals surface area contributed by atoms with Gasteiger partial charge in [-0.05, 0) is 69.5 Å². The molecule has 0 radical (unpaired) electrons. The van der Waals surface area contributed by atoms with Crippen LogP contribution in [0.2, 0.25) is 5.02 Å². The van der Waals surface area contributed by atoms with Crippen molar-refractivity contribution in [3.05, 3.63) is 82.5 Å². The number of fused-ring (bicyclic) bond motifs is 6. The fourth-order valence-electron chi connectivity index (χ4n) is 10.1. The van der Waals surface area contributed by atoms with E-state index in [1.165, 1.54) is 50.0 Å². The number of allylic oxidation sites excluding steroid dienone is 3. The van der Waals surface area contributed by atoms with Gasteiger partial charge in [0.1, 0.15) is 40.7 Å². The van der Waals surface area contributed by atoms with Gasteiger partial charge in [0.05, 0.1) is 51.6 Å². The summed E-state index contributed by atoms with van der Waals surface area (Å²) in [6.07, 6.45) is -0.0839. The molecule has 0 saturated carbocycles. The second-order valence-corrected chi connectivity index (χ2v) is 21.0. The topological polar surface area (TPSA) is 270 Å². The van der Waals surface area contributed by atoms with Crippen LogP contribution in [0.15, 0.2) is 66.3 Å². The van der Waals surface area contributed by atoms with E-state index in [1.807, 2.05) is 56.4 Å². The second kappa shape index (κ2) is 27.3. The molecule has 4 heterocycles. The highest BCUT2D eigenvalue weighted by molar-refractivity contribution is 6.35. The lowest BCUT2D eigenvalue weighted by Gasteiger charge is -2.42. The van der Waals surface area contributed by atoms with Crippen LogP contribution in [0, 0.1) is 5.92 Å². The number of nitrogens with zero attached hydrogens (tertiary/aromatic N) is 6. The van der Waals surface area contributed by atoms with Crippen molar-refractivity contribution in [3.63, 3.8) is 0 Å². The molecule has 0 aliphatic carbocycles. The van der Waals surface area contributed by atoms with Gasteiger partial charge in [-0.3, -0.25) is 35.3 Å². The van der Waals surface area contributed by atoms with Crippen LogP contribution in [0.4, 0.5) is 10.5 Å². The summed E-state index contributed by atoms with van der Waals surface area (Å²) >= 11 is 6.84. The largest absolute Gasteiger partial charge is 0.495 e. The summed E-state index contributed by atoms with van der Waals surface area (Å²) in [7, 11) is 9.51. The number of aliphatic hydroxyl groups excluding tert-OH is 2. The average molecular weight is 1120 g/mol. The molecular formula is C55H78ClN9O14. The molecule has 2 fully saturated rings. The second-order valence-electron chi connectivity index (χ2n) is 20.6. The molecule has 4 bridgehead atoms. The van der Waals surface area contributed by atoms with E-state index in [1.54, 1.807) is 38.1 Å². The van der Waals surface area contributed by atoms with Gasteiger partial charge >= 0.3 is 12.1 Å². The lowest BCUT2D eigenvalue weighted by Crippen LogP contribution is -2.63. The summed E-state index contributed by atoms with van der Waals surface area (Å²) in [4.78, 5) is 86.5. The number of carbonyl (C=O) groups is 6. The van der Waals surface area contributed by atoms with Gasteiger partial charge in [0, 0.05) is 90.8 Å². The average Bonchev–Trinajstić information content (AvgIpc) is 4.19. The van der Waals surface area contributed by atoms with Gasteiger partial charge < -0.3 is 58.3 Å². The van der Waals surface area contributed by atoms with Crippen molar-refractivity contribution in [1.82, 2.24) is 40.6 Å². The van der Waals surface area contributed by atoms with Crippen LogP contribution < -0.4 is 25.8 Å². The number of rotatable bonds is 21. The monoisotopic (exact) mass is 1120 g/mol. The molecule has 79 heavy (non-hydrogen) atoms. The summed E-state index contributed by atoms with van der Waals surface area (Å²) < 4.78 is 31.6. The van der Waals surface area contributed by atoms with E-state index in [0.29, 0.717) is 30.9 Å². The number of aliphatic hydroxyl groups is 3. The molecule has 2 aromatic carbocycles. The fraction of sp³-hybridized carbons (Fsp3) is 0.564. The normalized spacial score (nSPS) is 24.9. The third kappa shape index (κ3) is 15.2. The molecule has 3 aliphatic rings. The van der Waals surface area contributed by atoms with E-state index in [-0.39, 0.29) is 57.1 Å². The van der Waals surface area contributed by atoms with Crippen molar-refractivity contribution in [2.45, 2.75) is 115 Å². The number of benzene rings is 2. The van der Waals surface area contributed by atoms with Crippen LogP contribution in [0.1, 0.15) is 64.6 Å². The maximum Gasteiger partial charge on any atom is 0.409 e. The summed E-state index contributed by atoms with van der Waals surface area (Å²) in [5, 5.41) is 38.6. The SMILES string of the molecule is CNN(C)Cc1cc2ccccc2n1CCC(=O)NN(CCO)CC(=O)N(CCO)CCC(=O)N(C)[C@@H](C)C(=O)O[C@H]1CC(=O)N(C)c2cc(cc(OC)c2Cl)C/C(C)=C/C=C/[C@@H](OC)[C@@]2(O)C[C@H](OC(=O)N2)[C@@H](C)[C@@H]2OC12C. The molecular weight excluding hydrogens is 1050 g/mol. The number of hydrazine groups is 2. The van der Waals surface area contributed by atoms with E-state index in [9.17, 15) is 44.1 Å². The number of ether oxygens (including phenoxy) is 5. The Morgan fingerprint density at radius 1 is 1.03 bits per heavy atom. The molecule has 6 N–H and O–H groups in total. The number of aromatic nitrogens is 1. The molecule has 23 nitrogen and oxygen atoms in total. The summed E-state index contributed by atoms with van der Waals surface area (Å²) in [6, 6.07) is 12.2. The molecule has 434 valence electrons. The Labute approximate surface area is 466 Å². The number of methoxy groups -OCH3 is 2. The molecule has 24 heteroatoms. The van der Waals surface area contributed by atoms with Crippen LogP contribution in [0.25, 0.3) is 10.9 Å². The minimum atomic E-state index is -1.90. The number of likely N-dealkylation sites (N-methyl/N-ethyl adjacent to an activating group) is 1. The molecule has 8 atom stereocenters. The summed E-state index contributed by atoms with van der Waals surface area (Å²) in [5.74, 6) is -3.22. The van der Waals surface area contributed by atoms with Gasteiger partial charge in [-0.25, -0.2) is 19.6 Å². The first-order valence-electron chi connectivity index (χ1n) is 26.4. The first-order valence-corrected chi connectivity index (χ1v) is 26.7. The van der Waals surface area contributed by atoms with E-state index in [0.717, 1.165) is 32.6 Å². The Morgan fingerprint density at radius 2 is 1.75 bits per heavy atom. The van der Waals surface area contributed by atoms with Crippen molar-refractivity contribution >= 4 is 63.9 Å². The van der Waals surface area contributed by atoms with E-state index in [2.05, 4.69) is 26.8 Å². The van der Waals surface area contributed by atoms with Gasteiger partial charge in [-0.2, -0.15) is 0 Å². The number of hydrogen-bond donors (Lipinski definition) is 6. The fourth-order valence-corrected chi connectivity index (χ4v) is 10.4. The van der Waals surface area contributed by atoms with Gasteiger partial charge in [0.25, 0.3) is 0 Å². The van der Waals surface area contributed by atoms with Crippen LogP contribution in [-0.2, 0) is 62.4 Å². The number of hydrogen-bond acceptors (Lipinski definition) is 17. The Bertz CT molecular complexity index is 2740. The Morgan fingerprint density at radius 3 is 2.43 bits per heavy atom. The van der Waals surface area contributed by atoms with Crippen molar-refractivity contribution < 1.29 is 67.8 Å². The number of halogens is 1. The molecule has 0 spiro atoms. The van der Waals surface area contributed by atoms with Crippen molar-refractivity contribution in [2.75, 3.05) is 86.7 Å². The third-order valence-corrected chi connectivity index (χ3v) is 15.4. The number of aryl methyl sites for hydroxylation is 1. The van der Waals surface area contributed by atoms with Crippen LogP contribution in [0.5, 0.6) is 5.75 Å². The molecule has 3 aromatic rings. The predicted molar refractivity (Wildman–Crippen MR) is 293 cm³/mol. The van der Waals surface area contributed by atoms with Gasteiger partial charge in [-0.1, -0.05) is 60.5 Å². The minimum absolute atomic E-state index is 0.0539. The highest BCUT2D eigenvalue weighted by Gasteiger charge is 2.64. The smallest absolute Gasteiger partial charge is 0.409 e. The zero-order valence-electron chi connectivity index (χ0n) is 46.8. The van der Waals surface area contributed by atoms with Crippen LogP contribution >= 0.6 is 11.6 Å². The molecule has 3 aliphatic heterocycles. The quantitative estimate of drug-likeness (QED) is 0.0509. The summed E-state index contributed by atoms with van der Waals surface area (Å²) in [5.41, 5.74) is 6.47. The number of carbonyl (C=O) groups excluding carboxylic acids is 6. The maximum atomic E-state index is 14.4. The van der Waals surface area contributed by atoms with Gasteiger partial charge in [-0.15, -0.1) is 0 Å². The highest BCUT2D eigenvalue weighted by Crippen LogP contribution is 2.49. The Balaban J connectivity index is 1.15. The van der Waals surface area contributed by atoms with Crippen LogP contribution in [0.3, 0.4) is 0 Å². The molecule has 2 saturated heterocycles. The first-order chi connectivity index (χ1) is 37.5. The minimum Gasteiger partial charge on any atom is -0.495 e. The number of esters is 1. The first kappa shape index (κ1) is 62.1. The maximum absolute atomic E-state index is 14.4. The van der Waals surface area contributed by atoms with Crippen molar-refractivity contribution in [1.29, 1.82) is 0 Å². The van der Waals surface area contributed by atoms with Gasteiger partial charge in [0.2, 0.25) is 23.6 Å². The number of epoxide rings is 1. The number of amides is 5. The number of anilines is 1. The standard InChI is InChI=1S/C55H78ClN9O14/c1-34-14-13-17-44(76-10)55(74)31-43(77-53(73)58-55)35(2)51-54(4,79-51)45(30-48(70)62(8)41-27-37(26-34)28-42(75-9)50(41)56)78-52(72)36(3)61(7)47(69)19-20-63(22-24-66)49(71)33-64(23-25-67)59-46(68)18-21-65-39(32-60(6)57-5)29-38-15-11-12-16-40(38)65/h11-17,27-29,35-36,43-45,51,57,66-67,74H,18-26,30-33H2,1-10H3,(H,58,73)(H,59,68)/b17-13+,34-14+/t35-,36+,43+,44-,45+,51+,54?,55+/m1/s1. The number of nitrogens with one attached hydrogen (secondary N) is 3. The number of para-hydroxylation sites is 1.